The molecule has 0 aromatic heterocycles. The van der Waals surface area contributed by atoms with E-state index < -0.39 is 6.10 Å². The Balaban J connectivity index is 1.92. The molecular weight excluding hydrogens is 266 g/mol. The Labute approximate surface area is 127 Å². The second-order valence-electron chi connectivity index (χ2n) is 6.23. The topological polar surface area (TPSA) is 41.9 Å². The van der Waals surface area contributed by atoms with E-state index in [1.54, 1.807) is 0 Å². The highest BCUT2D eigenvalue weighted by Crippen LogP contribution is 2.21. The van der Waals surface area contributed by atoms with Crippen molar-refractivity contribution in [2.24, 2.45) is 0 Å². The quantitative estimate of drug-likeness (QED) is 0.906. The molecule has 0 saturated carbocycles. The van der Waals surface area contributed by atoms with Gasteiger partial charge in [0, 0.05) is 19.6 Å². The normalized spacial score (nSPS) is 25.0. The smallest absolute Gasteiger partial charge is 0.119 e. The van der Waals surface area contributed by atoms with Crippen molar-refractivity contribution >= 4 is 0 Å². The summed E-state index contributed by atoms with van der Waals surface area (Å²) in [7, 11) is 0. The van der Waals surface area contributed by atoms with Crippen LogP contribution in [-0.2, 0) is 4.74 Å². The van der Waals surface area contributed by atoms with E-state index in [1.807, 2.05) is 38.1 Å². The molecule has 3 unspecified atom stereocenters. The summed E-state index contributed by atoms with van der Waals surface area (Å²) in [6.07, 6.45) is 0.137. The van der Waals surface area contributed by atoms with Crippen LogP contribution in [0.15, 0.2) is 24.3 Å². The summed E-state index contributed by atoms with van der Waals surface area (Å²) in [5.74, 6) is 0.842. The van der Waals surface area contributed by atoms with Gasteiger partial charge in [-0.3, -0.25) is 4.90 Å². The number of benzene rings is 1. The molecule has 0 bridgehead atoms. The van der Waals surface area contributed by atoms with E-state index in [9.17, 15) is 5.11 Å². The van der Waals surface area contributed by atoms with Crippen molar-refractivity contribution in [3.63, 3.8) is 0 Å². The van der Waals surface area contributed by atoms with Gasteiger partial charge in [0.25, 0.3) is 0 Å². The van der Waals surface area contributed by atoms with Crippen molar-refractivity contribution in [1.82, 2.24) is 4.90 Å². The maximum atomic E-state index is 10.4. The van der Waals surface area contributed by atoms with Gasteiger partial charge in [-0.2, -0.15) is 0 Å². The summed E-state index contributed by atoms with van der Waals surface area (Å²) in [4.78, 5) is 2.27. The van der Waals surface area contributed by atoms with Gasteiger partial charge in [-0.15, -0.1) is 0 Å². The molecule has 1 saturated heterocycles. The van der Waals surface area contributed by atoms with E-state index in [0.29, 0.717) is 6.54 Å². The molecule has 0 aliphatic carbocycles. The second kappa shape index (κ2) is 7.25. The maximum Gasteiger partial charge on any atom is 0.119 e. The highest BCUT2D eigenvalue weighted by Gasteiger charge is 2.24. The van der Waals surface area contributed by atoms with Gasteiger partial charge in [-0.1, -0.05) is 12.1 Å². The number of ether oxygens (including phenoxy) is 2. The van der Waals surface area contributed by atoms with Gasteiger partial charge >= 0.3 is 0 Å². The SMILES string of the molecule is CC(C)Oc1ccc(C(O)CN2CC(C)OC(C)C2)cc1. The predicted molar refractivity (Wildman–Crippen MR) is 83.6 cm³/mol. The van der Waals surface area contributed by atoms with E-state index in [1.165, 1.54) is 0 Å². The Bertz CT molecular complexity index is 422. The van der Waals surface area contributed by atoms with Crippen LogP contribution in [0.1, 0.15) is 39.4 Å². The Morgan fingerprint density at radius 1 is 1.19 bits per heavy atom. The number of aliphatic hydroxyl groups is 1. The lowest BCUT2D eigenvalue weighted by atomic mass is 10.1. The van der Waals surface area contributed by atoms with Gasteiger partial charge in [-0.25, -0.2) is 0 Å². The minimum Gasteiger partial charge on any atom is -0.491 e. The number of β-amino-alcohol motifs (C(OH)–C–C–N with tert-alkyl or cyclic N) is 1. The largest absolute Gasteiger partial charge is 0.491 e. The molecule has 1 aromatic rings. The molecule has 1 aliphatic rings. The fourth-order valence-electron chi connectivity index (χ4n) is 2.82. The summed E-state index contributed by atoms with van der Waals surface area (Å²) < 4.78 is 11.3. The van der Waals surface area contributed by atoms with Crippen molar-refractivity contribution in [1.29, 1.82) is 0 Å². The van der Waals surface area contributed by atoms with Gasteiger partial charge < -0.3 is 14.6 Å². The van der Waals surface area contributed by atoms with Crippen molar-refractivity contribution in [3.05, 3.63) is 29.8 Å². The fourth-order valence-corrected chi connectivity index (χ4v) is 2.82. The Morgan fingerprint density at radius 2 is 1.76 bits per heavy atom. The summed E-state index contributed by atoms with van der Waals surface area (Å²) >= 11 is 0. The molecular formula is C17H27NO3. The molecule has 0 spiro atoms. The van der Waals surface area contributed by atoms with Crippen molar-refractivity contribution in [2.75, 3.05) is 19.6 Å². The number of morpholine rings is 1. The zero-order valence-corrected chi connectivity index (χ0v) is 13.5. The van der Waals surface area contributed by atoms with Crippen LogP contribution >= 0.6 is 0 Å². The predicted octanol–water partition coefficient (Wildman–Crippen LogP) is 2.62. The standard InChI is InChI=1S/C17H27NO3/c1-12(2)20-16-7-5-15(6-8-16)17(19)11-18-9-13(3)21-14(4)10-18/h5-8,12-14,17,19H,9-11H2,1-4H3. The number of aliphatic hydroxyl groups excluding tert-OH is 1. The molecule has 1 fully saturated rings. The molecule has 1 aromatic carbocycles. The molecule has 0 amide bonds. The van der Waals surface area contributed by atoms with Crippen molar-refractivity contribution < 1.29 is 14.6 Å². The number of rotatable bonds is 5. The average molecular weight is 293 g/mol. The summed E-state index contributed by atoms with van der Waals surface area (Å²) in [5.41, 5.74) is 0.929. The van der Waals surface area contributed by atoms with Crippen LogP contribution in [0.25, 0.3) is 0 Å². The van der Waals surface area contributed by atoms with E-state index in [-0.39, 0.29) is 18.3 Å². The zero-order valence-electron chi connectivity index (χ0n) is 13.5. The Kier molecular flexibility index (Phi) is 5.62. The van der Waals surface area contributed by atoms with Crippen LogP contribution < -0.4 is 4.74 Å². The first-order chi connectivity index (χ1) is 9.94. The van der Waals surface area contributed by atoms with Gasteiger partial charge in [0.05, 0.1) is 24.4 Å². The second-order valence-corrected chi connectivity index (χ2v) is 6.23. The van der Waals surface area contributed by atoms with Crippen LogP contribution in [0, 0.1) is 0 Å². The summed E-state index contributed by atoms with van der Waals surface area (Å²) in [5, 5.41) is 10.4. The third kappa shape index (κ3) is 4.99. The van der Waals surface area contributed by atoms with Crippen LogP contribution in [0.4, 0.5) is 0 Å². The monoisotopic (exact) mass is 293 g/mol. The molecule has 1 N–H and O–H groups in total. The molecule has 21 heavy (non-hydrogen) atoms. The van der Waals surface area contributed by atoms with Gasteiger partial charge in [0.15, 0.2) is 0 Å². The van der Waals surface area contributed by atoms with Crippen LogP contribution in [0.5, 0.6) is 5.75 Å². The average Bonchev–Trinajstić information content (AvgIpc) is 2.37. The summed E-state index contributed by atoms with van der Waals surface area (Å²) in [6, 6.07) is 7.72. The minimum atomic E-state index is -0.476. The number of nitrogens with zero attached hydrogens (tertiary/aromatic N) is 1. The molecule has 3 atom stereocenters. The lowest BCUT2D eigenvalue weighted by Gasteiger charge is -2.36. The van der Waals surface area contributed by atoms with E-state index in [0.717, 1.165) is 24.4 Å². The van der Waals surface area contributed by atoms with E-state index in [2.05, 4.69) is 18.7 Å². The van der Waals surface area contributed by atoms with Crippen LogP contribution in [-0.4, -0.2) is 48.0 Å². The molecule has 4 heteroatoms. The van der Waals surface area contributed by atoms with Crippen LogP contribution in [0.3, 0.4) is 0 Å². The highest BCUT2D eigenvalue weighted by atomic mass is 16.5. The first-order valence-corrected chi connectivity index (χ1v) is 7.76. The maximum absolute atomic E-state index is 10.4. The third-order valence-corrected chi connectivity index (χ3v) is 3.56. The third-order valence-electron chi connectivity index (χ3n) is 3.56. The Morgan fingerprint density at radius 3 is 2.29 bits per heavy atom. The minimum absolute atomic E-state index is 0.164. The molecule has 1 heterocycles. The molecule has 118 valence electrons. The van der Waals surface area contributed by atoms with E-state index >= 15 is 0 Å². The van der Waals surface area contributed by atoms with Crippen molar-refractivity contribution in [2.45, 2.75) is 52.1 Å². The molecule has 4 nitrogen and oxygen atoms in total. The number of hydrogen-bond acceptors (Lipinski definition) is 4. The van der Waals surface area contributed by atoms with E-state index in [4.69, 9.17) is 9.47 Å². The summed E-state index contributed by atoms with van der Waals surface area (Å²) in [6.45, 7) is 10.5. The fraction of sp³-hybridized carbons (Fsp3) is 0.647. The first kappa shape index (κ1) is 16.3. The zero-order chi connectivity index (χ0) is 15.4. The molecule has 0 radical (unpaired) electrons. The lowest BCUT2D eigenvalue weighted by molar-refractivity contribution is -0.0767. The molecule has 1 aliphatic heterocycles. The van der Waals surface area contributed by atoms with Crippen molar-refractivity contribution in [3.8, 4) is 5.75 Å². The lowest BCUT2D eigenvalue weighted by Crippen LogP contribution is -2.46. The highest BCUT2D eigenvalue weighted by molar-refractivity contribution is 5.28. The molecule has 2 rings (SSSR count). The first-order valence-electron chi connectivity index (χ1n) is 7.76. The number of hydrogen-bond donors (Lipinski definition) is 1. The van der Waals surface area contributed by atoms with Crippen LogP contribution in [0.2, 0.25) is 0 Å². The van der Waals surface area contributed by atoms with Gasteiger partial charge in [-0.05, 0) is 45.4 Å². The Hall–Kier alpha value is -1.10. The van der Waals surface area contributed by atoms with Gasteiger partial charge in [0.2, 0.25) is 0 Å². The van der Waals surface area contributed by atoms with Gasteiger partial charge in [0.1, 0.15) is 5.75 Å².